The molecule has 0 atom stereocenters. The Morgan fingerprint density at radius 1 is 0.290 bits per heavy atom. The van der Waals surface area contributed by atoms with E-state index in [1.54, 1.807) is 200 Å². The lowest BCUT2D eigenvalue weighted by Gasteiger charge is -2.13. The first-order chi connectivity index (χ1) is 67.7. The molecule has 138 heavy (non-hydrogen) atoms. The first-order valence-corrected chi connectivity index (χ1v) is 46.4. The molecule has 0 saturated heterocycles. The summed E-state index contributed by atoms with van der Waals surface area (Å²) in [6.07, 6.45) is 37.3. The summed E-state index contributed by atoms with van der Waals surface area (Å²) in [7, 11) is 0. The second-order valence-corrected chi connectivity index (χ2v) is 34.5. The van der Waals surface area contributed by atoms with E-state index in [0.717, 1.165) is 100 Å². The molecule has 0 radical (unpaired) electrons. The third-order valence-corrected chi connectivity index (χ3v) is 26.0. The van der Waals surface area contributed by atoms with Gasteiger partial charge in [0.2, 0.25) is 38.5 Å². The highest BCUT2D eigenvalue weighted by Crippen LogP contribution is 2.31. The van der Waals surface area contributed by atoms with Crippen LogP contribution in [-0.4, -0.2) is 92.5 Å². The van der Waals surface area contributed by atoms with Crippen molar-refractivity contribution in [3.8, 4) is 0 Å². The highest BCUT2D eigenvalue weighted by Gasteiger charge is 2.23. The molecule has 670 valence electrons. The highest BCUT2D eigenvalue weighted by atomic mass is 32.1. The summed E-state index contributed by atoms with van der Waals surface area (Å²) < 4.78 is 23.1. The summed E-state index contributed by atoms with van der Waals surface area (Å²) >= 11 is 7.50. The lowest BCUT2D eigenvalue weighted by atomic mass is 10.0. The number of nitrogens with one attached hydrogen (secondary N) is 3. The molecule has 3 N–H and O–H groups in total. The molecule has 3 aliphatic rings. The van der Waals surface area contributed by atoms with E-state index in [4.69, 9.17) is 17.7 Å². The van der Waals surface area contributed by atoms with E-state index in [9.17, 15) is 43.2 Å². The molecule has 0 aliphatic carbocycles. The number of aromatic nitrogens is 15. The van der Waals surface area contributed by atoms with E-state index in [0.29, 0.717) is 121 Å². The van der Waals surface area contributed by atoms with Gasteiger partial charge in [-0.05, 0) is 233 Å². The zero-order valence-electron chi connectivity index (χ0n) is 71.5. The number of nitrogens with zero attached hydrogens (tertiary/aromatic N) is 15. The Morgan fingerprint density at radius 2 is 0.855 bits per heavy atom. The van der Waals surface area contributed by atoms with E-state index in [1.807, 2.05) is 112 Å². The molecule has 0 unspecified atom stereocenters. The van der Waals surface area contributed by atoms with Gasteiger partial charge < -0.3 is 28.3 Å². The molecule has 24 aromatic rings. The predicted molar refractivity (Wildman–Crippen MR) is 538 cm³/mol. The summed E-state index contributed by atoms with van der Waals surface area (Å²) in [6.45, 7) is 0. The molecule has 23 heterocycles. The smallest absolute Gasteiger partial charge is 0.266 e. The standard InChI is InChI=1S/C12H10N2O2.C12H10N2OS.C12H8N2OS.3C11H6N2O2.3C11H6N2OS/c15-11-9-2-1-6-13-10(9)4-3-8-5-7-16-12(8)14-11;15-12-11-8(5-7-16-11)3-4-9-10(14-12)2-1-6-13-9;15-12-8-2-1-6-13-9(8)3-4-11-10(14-12)5-7-16-11;14-11-7-3-6-15-9(7)2-1-8-10(11)13-5-4-12-8;14-10-9-8(12-4-5-13-9)2-1-7-3-6-15-11(7)10;14-9-8-2-1-4-12-11(8)13-6-7-3-5-15-10(7)9;14-11-7-3-6-15-9(7)2-1-8-10(11)13-5-4-12-8;14-10-9-8(12-4-5-13-9)2-1-7-3-6-15-11(7)10;14-10-7-2-1-4-12-9(7)6-13-8-3-5-15-11(8)10/h2*1-2,5-7H,3-4H2,(H,14,15);1-7H,(H,14,15);6*1-6H. The van der Waals surface area contributed by atoms with Crippen molar-refractivity contribution in [2.75, 3.05) is 16.0 Å². The normalized spacial score (nSPS) is 12.2. The average molecular weight is 1910 g/mol. The molecular formula is C102H64N18O13S5. The minimum Gasteiger partial charge on any atom is -0.464 e. The third-order valence-electron chi connectivity index (χ3n) is 21.5. The van der Waals surface area contributed by atoms with Gasteiger partial charge in [0, 0.05) is 113 Å². The predicted octanol–water partition coefficient (Wildman–Crippen LogP) is 19.2. The van der Waals surface area contributed by atoms with Crippen molar-refractivity contribution >= 4 is 233 Å². The molecule has 27 rings (SSSR count). The van der Waals surface area contributed by atoms with Crippen LogP contribution in [0.15, 0.2) is 355 Å². The van der Waals surface area contributed by atoms with Crippen LogP contribution < -0.4 is 48.5 Å². The van der Waals surface area contributed by atoms with Crippen molar-refractivity contribution in [2.45, 2.75) is 25.7 Å². The Morgan fingerprint density at radius 3 is 1.63 bits per heavy atom. The molecule has 20 aromatic heterocycles. The number of amides is 3. The van der Waals surface area contributed by atoms with Gasteiger partial charge in [-0.2, -0.15) is 0 Å². The second kappa shape index (κ2) is 41.1. The van der Waals surface area contributed by atoms with Crippen LogP contribution in [0.4, 0.5) is 17.3 Å². The second-order valence-electron chi connectivity index (χ2n) is 29.8. The van der Waals surface area contributed by atoms with Gasteiger partial charge in [-0.15, -0.1) is 56.7 Å². The fraction of sp³-hybridized carbons (Fsp3) is 0.0392. The number of rotatable bonds is 0. The van der Waals surface area contributed by atoms with Gasteiger partial charge >= 0.3 is 0 Å². The van der Waals surface area contributed by atoms with E-state index in [-0.39, 0.29) is 50.3 Å². The van der Waals surface area contributed by atoms with E-state index in [2.05, 4.69) is 90.7 Å². The van der Waals surface area contributed by atoms with Crippen molar-refractivity contribution < 1.29 is 32.1 Å². The first-order valence-electron chi connectivity index (χ1n) is 42.0. The maximum Gasteiger partial charge on any atom is 0.266 e. The number of thiophene rings is 5. The van der Waals surface area contributed by atoms with Crippen molar-refractivity contribution in [3.63, 3.8) is 0 Å². The molecule has 0 spiro atoms. The summed E-state index contributed by atoms with van der Waals surface area (Å²) in [5, 5.41) is 22.9. The molecule has 0 saturated carbocycles. The minimum atomic E-state index is -0.219. The van der Waals surface area contributed by atoms with Gasteiger partial charge in [-0.25, -0.2) is 29.9 Å². The molecule has 36 heteroatoms. The van der Waals surface area contributed by atoms with Crippen LogP contribution in [0.2, 0.25) is 0 Å². The SMILES string of the molecule is O=C1Nc2cccnc2CCc2ccsc21.O=C1Nc2ccsc2/C=C\c2ncccc21.O=C1Nc2occc2CCc2ncccc21.O=c1c2cccnc2cnc2ccsc12.O=c1c2cccnc2ncc2ccoc12.O=c1c2ccoc2ccc2nccnc12.O=c1c2ccsc2ccc2nccnc12.O=c1c2nccnc2ccc2ccoc12.O=c1c2nccnc2ccc2ccsc12. The third kappa shape index (κ3) is 19.5. The molecular weight excluding hydrogens is 1850 g/mol. The van der Waals surface area contributed by atoms with Gasteiger partial charge in [0.1, 0.15) is 32.3 Å². The van der Waals surface area contributed by atoms with Crippen LogP contribution >= 0.6 is 56.7 Å². The lowest BCUT2D eigenvalue weighted by molar-refractivity contribution is 0.101. The Balaban J connectivity index is 0.0000000992. The van der Waals surface area contributed by atoms with E-state index in [1.165, 1.54) is 65.2 Å². The number of fused-ring (bicyclic) bond motifs is 18. The number of hydrogen-bond donors (Lipinski definition) is 3. The Bertz CT molecular complexity index is 8280. The van der Waals surface area contributed by atoms with Gasteiger partial charge in [0.25, 0.3) is 17.7 Å². The molecule has 3 aliphatic heterocycles. The number of anilines is 3. The van der Waals surface area contributed by atoms with Gasteiger partial charge in [-0.1, -0.05) is 6.07 Å². The number of furan rings is 4. The van der Waals surface area contributed by atoms with Crippen molar-refractivity contribution in [2.24, 2.45) is 0 Å². The van der Waals surface area contributed by atoms with Crippen LogP contribution in [-0.2, 0) is 25.7 Å². The fourth-order valence-corrected chi connectivity index (χ4v) is 18.8. The topological polar surface area (TPSA) is 436 Å². The van der Waals surface area contributed by atoms with Crippen LogP contribution in [0.25, 0.3) is 142 Å². The van der Waals surface area contributed by atoms with Gasteiger partial charge in [-0.3, -0.25) is 93.3 Å². The monoisotopic (exact) mass is 1910 g/mol. The average Bonchev–Trinajstić information content (AvgIpc) is 1.66. The largest absolute Gasteiger partial charge is 0.464 e. The van der Waals surface area contributed by atoms with E-state index < -0.39 is 0 Å². The number of pyridine rings is 5. The molecule has 3 amide bonds. The number of hydrogen-bond acceptors (Lipinski definition) is 33. The fourth-order valence-electron chi connectivity index (χ4n) is 14.8. The van der Waals surface area contributed by atoms with Crippen LogP contribution in [0.3, 0.4) is 0 Å². The molecule has 31 nitrogen and oxygen atoms in total. The lowest BCUT2D eigenvalue weighted by Crippen LogP contribution is -2.18. The van der Waals surface area contributed by atoms with Gasteiger partial charge in [0.05, 0.1) is 135 Å². The zero-order chi connectivity index (χ0) is 94.4. The quantitative estimate of drug-likeness (QED) is 0.127. The van der Waals surface area contributed by atoms with Gasteiger partial charge in [0.15, 0.2) is 16.8 Å². The minimum absolute atomic E-state index is 0.0144. The zero-order valence-corrected chi connectivity index (χ0v) is 75.6. The first kappa shape index (κ1) is 89.4. The van der Waals surface area contributed by atoms with Crippen LogP contribution in [0, 0.1) is 0 Å². The maximum atomic E-state index is 12.1. The summed E-state index contributed by atoms with van der Waals surface area (Å²) in [5.41, 5.74) is 14.0. The van der Waals surface area contributed by atoms with Crippen LogP contribution in [0.1, 0.15) is 63.5 Å². The summed E-state index contributed by atoms with van der Waals surface area (Å²) in [6, 6.07) is 48.8. The molecule has 0 fully saturated rings. The van der Waals surface area contributed by atoms with Crippen molar-refractivity contribution in [1.29, 1.82) is 0 Å². The summed E-state index contributed by atoms with van der Waals surface area (Å²) in [5.74, 6) is 0.282. The number of carbonyl (C=O) groups excluding carboxylic acids is 3. The molecule has 0 bridgehead atoms. The van der Waals surface area contributed by atoms with Crippen molar-refractivity contribution in [1.82, 2.24) is 74.8 Å². The Hall–Kier alpha value is -17.8. The number of carbonyl (C=O) groups is 3. The number of aryl methyl sites for hydroxylation is 4. The molecule has 4 aromatic carbocycles. The maximum absolute atomic E-state index is 12.1. The summed E-state index contributed by atoms with van der Waals surface area (Å²) in [4.78, 5) is 172. The van der Waals surface area contributed by atoms with E-state index >= 15 is 0 Å². The van der Waals surface area contributed by atoms with Crippen LogP contribution in [0.5, 0.6) is 0 Å². The highest BCUT2D eigenvalue weighted by molar-refractivity contribution is 7.18. The Kier molecular flexibility index (Phi) is 26.6. The van der Waals surface area contributed by atoms with Crippen molar-refractivity contribution in [3.05, 3.63) is 419 Å². The Labute approximate surface area is 795 Å².